The first-order valence-electron chi connectivity index (χ1n) is 7.09. The molecule has 0 saturated carbocycles. The van der Waals surface area contributed by atoms with Gasteiger partial charge in [-0.25, -0.2) is 0 Å². The van der Waals surface area contributed by atoms with E-state index in [9.17, 15) is 0 Å². The Balaban J connectivity index is 1.72. The van der Waals surface area contributed by atoms with Crippen molar-refractivity contribution >= 4 is 28.1 Å². The molecule has 0 unspecified atom stereocenters. The number of rotatable bonds is 7. The van der Waals surface area contributed by atoms with Gasteiger partial charge in [-0.3, -0.25) is 0 Å². The third-order valence-electron chi connectivity index (χ3n) is 3.02. The molecule has 2 rings (SSSR count). The molecule has 0 heterocycles. The number of hydrogen-bond donors (Lipinski definition) is 0. The van der Waals surface area contributed by atoms with Crippen molar-refractivity contribution in [3.63, 3.8) is 0 Å². The van der Waals surface area contributed by atoms with Crippen molar-refractivity contribution in [2.45, 2.75) is 0 Å². The molecule has 2 nitrogen and oxygen atoms in total. The molecule has 3 heteroatoms. The molecule has 0 atom stereocenters. The van der Waals surface area contributed by atoms with Gasteiger partial charge < -0.3 is 9.47 Å². The largest absolute Gasteiger partial charge is 0.496 e. The summed E-state index contributed by atoms with van der Waals surface area (Å²) in [6, 6.07) is 16.2. The second-order valence-electron chi connectivity index (χ2n) is 4.65. The lowest BCUT2D eigenvalue weighted by Crippen LogP contribution is -1.90. The van der Waals surface area contributed by atoms with Crippen LogP contribution in [-0.2, 0) is 4.74 Å². The van der Waals surface area contributed by atoms with Crippen molar-refractivity contribution in [1.82, 2.24) is 0 Å². The molecule has 0 bridgehead atoms. The number of halogens is 1. The van der Waals surface area contributed by atoms with Crippen LogP contribution in [0.15, 0.2) is 65.2 Å². The first kappa shape index (κ1) is 16.5. The standard InChI is InChI=1S/C19H19BrO2/c1-21-19-12-11-17(15-18(19)20)10-6-14-22-13-5-9-16-7-3-2-4-8-16/h2-12,15H,13-14H2,1H3/b9-5+,10-6+. The third-order valence-corrected chi connectivity index (χ3v) is 3.64. The first-order valence-corrected chi connectivity index (χ1v) is 7.88. The van der Waals surface area contributed by atoms with E-state index < -0.39 is 0 Å². The van der Waals surface area contributed by atoms with Gasteiger partial charge in [-0.1, -0.05) is 60.7 Å². The molecule has 0 radical (unpaired) electrons. The molecule has 22 heavy (non-hydrogen) atoms. The van der Waals surface area contributed by atoms with Crippen LogP contribution in [0.3, 0.4) is 0 Å². The maximum atomic E-state index is 5.54. The normalized spacial score (nSPS) is 11.4. The first-order chi connectivity index (χ1) is 10.8. The summed E-state index contributed by atoms with van der Waals surface area (Å²) in [4.78, 5) is 0. The second kappa shape index (κ2) is 9.23. The fourth-order valence-corrected chi connectivity index (χ4v) is 2.48. The van der Waals surface area contributed by atoms with Crippen LogP contribution in [0, 0.1) is 0 Å². The van der Waals surface area contributed by atoms with Crippen LogP contribution >= 0.6 is 15.9 Å². The average Bonchev–Trinajstić information content (AvgIpc) is 2.55. The lowest BCUT2D eigenvalue weighted by atomic mass is 10.2. The van der Waals surface area contributed by atoms with Gasteiger partial charge in [-0.05, 0) is 39.2 Å². The molecule has 0 fully saturated rings. The summed E-state index contributed by atoms with van der Waals surface area (Å²) in [5, 5.41) is 0. The van der Waals surface area contributed by atoms with Crippen LogP contribution in [0.5, 0.6) is 5.75 Å². The van der Waals surface area contributed by atoms with Crippen molar-refractivity contribution in [3.8, 4) is 5.75 Å². The van der Waals surface area contributed by atoms with Crippen molar-refractivity contribution in [2.75, 3.05) is 20.3 Å². The third kappa shape index (κ3) is 5.51. The Morgan fingerprint density at radius 3 is 2.23 bits per heavy atom. The molecular formula is C19H19BrO2. The highest BCUT2D eigenvalue weighted by Crippen LogP contribution is 2.25. The minimum atomic E-state index is 0.586. The van der Waals surface area contributed by atoms with E-state index in [0.29, 0.717) is 13.2 Å². The van der Waals surface area contributed by atoms with Crippen LogP contribution in [0.2, 0.25) is 0 Å². The van der Waals surface area contributed by atoms with E-state index in [1.165, 1.54) is 5.56 Å². The van der Waals surface area contributed by atoms with Gasteiger partial charge in [-0.15, -0.1) is 0 Å². The molecule has 0 N–H and O–H groups in total. The highest BCUT2D eigenvalue weighted by molar-refractivity contribution is 9.10. The Morgan fingerprint density at radius 1 is 0.909 bits per heavy atom. The van der Waals surface area contributed by atoms with Gasteiger partial charge in [0.25, 0.3) is 0 Å². The summed E-state index contributed by atoms with van der Waals surface area (Å²) in [6.45, 7) is 1.19. The molecule has 0 aromatic heterocycles. The van der Waals surface area contributed by atoms with E-state index in [2.05, 4.69) is 34.1 Å². The summed E-state index contributed by atoms with van der Waals surface area (Å²) in [7, 11) is 1.66. The van der Waals surface area contributed by atoms with Crippen LogP contribution < -0.4 is 4.74 Å². The van der Waals surface area contributed by atoms with E-state index >= 15 is 0 Å². The molecule has 0 aliphatic carbocycles. The highest BCUT2D eigenvalue weighted by Gasteiger charge is 1.98. The molecule has 0 aliphatic heterocycles. The van der Waals surface area contributed by atoms with E-state index in [-0.39, 0.29) is 0 Å². The Hall–Kier alpha value is -1.84. The summed E-state index contributed by atoms with van der Waals surface area (Å²) in [6.07, 6.45) is 8.12. The van der Waals surface area contributed by atoms with Gasteiger partial charge in [0.2, 0.25) is 0 Å². The smallest absolute Gasteiger partial charge is 0.133 e. The van der Waals surface area contributed by atoms with E-state index in [0.717, 1.165) is 15.8 Å². The molecule has 0 saturated heterocycles. The molecule has 0 amide bonds. The van der Waals surface area contributed by atoms with Crippen molar-refractivity contribution < 1.29 is 9.47 Å². The van der Waals surface area contributed by atoms with Crippen LogP contribution in [-0.4, -0.2) is 20.3 Å². The fraction of sp³-hybridized carbons (Fsp3) is 0.158. The highest BCUT2D eigenvalue weighted by atomic mass is 79.9. The average molecular weight is 359 g/mol. The predicted molar refractivity (Wildman–Crippen MR) is 96.0 cm³/mol. The zero-order valence-electron chi connectivity index (χ0n) is 12.5. The summed E-state index contributed by atoms with van der Waals surface area (Å²) in [5.41, 5.74) is 2.29. The Morgan fingerprint density at radius 2 is 1.59 bits per heavy atom. The quantitative estimate of drug-likeness (QED) is 0.633. The number of hydrogen-bond acceptors (Lipinski definition) is 2. The SMILES string of the molecule is COc1ccc(/C=C/COC/C=C/c2ccccc2)cc1Br. The minimum absolute atomic E-state index is 0.586. The number of ether oxygens (including phenoxy) is 2. The molecule has 0 spiro atoms. The monoisotopic (exact) mass is 358 g/mol. The van der Waals surface area contributed by atoms with E-state index in [1.54, 1.807) is 7.11 Å². The summed E-state index contributed by atoms with van der Waals surface area (Å²) < 4.78 is 11.7. The lowest BCUT2D eigenvalue weighted by molar-refractivity contribution is 0.195. The zero-order valence-corrected chi connectivity index (χ0v) is 14.1. The molecule has 0 aliphatic rings. The summed E-state index contributed by atoms with van der Waals surface area (Å²) >= 11 is 3.47. The number of methoxy groups -OCH3 is 1. The van der Waals surface area contributed by atoms with Gasteiger partial charge in [0.05, 0.1) is 24.8 Å². The summed E-state index contributed by atoms with van der Waals surface area (Å²) in [5.74, 6) is 0.833. The van der Waals surface area contributed by atoms with E-state index in [4.69, 9.17) is 9.47 Å². The lowest BCUT2D eigenvalue weighted by Gasteiger charge is -2.03. The van der Waals surface area contributed by atoms with Crippen LogP contribution in [0.25, 0.3) is 12.2 Å². The van der Waals surface area contributed by atoms with E-state index in [1.807, 2.05) is 54.6 Å². The second-order valence-corrected chi connectivity index (χ2v) is 5.50. The molecule has 114 valence electrons. The Kier molecular flexibility index (Phi) is 6.94. The topological polar surface area (TPSA) is 18.5 Å². The maximum Gasteiger partial charge on any atom is 0.133 e. The van der Waals surface area contributed by atoms with Crippen molar-refractivity contribution in [2.24, 2.45) is 0 Å². The van der Waals surface area contributed by atoms with Crippen molar-refractivity contribution in [3.05, 3.63) is 76.3 Å². The van der Waals surface area contributed by atoms with Gasteiger partial charge in [-0.2, -0.15) is 0 Å². The molecule has 2 aromatic carbocycles. The number of benzene rings is 2. The van der Waals surface area contributed by atoms with Crippen LogP contribution in [0.1, 0.15) is 11.1 Å². The fourth-order valence-electron chi connectivity index (χ4n) is 1.92. The van der Waals surface area contributed by atoms with Gasteiger partial charge in [0.15, 0.2) is 0 Å². The Bertz CT molecular complexity index is 633. The molecule has 2 aromatic rings. The van der Waals surface area contributed by atoms with Crippen molar-refractivity contribution in [1.29, 1.82) is 0 Å². The van der Waals surface area contributed by atoms with Gasteiger partial charge >= 0.3 is 0 Å². The molecular weight excluding hydrogens is 340 g/mol. The van der Waals surface area contributed by atoms with Gasteiger partial charge in [0.1, 0.15) is 5.75 Å². The minimum Gasteiger partial charge on any atom is -0.496 e. The zero-order chi connectivity index (χ0) is 15.6. The van der Waals surface area contributed by atoms with Crippen LogP contribution in [0.4, 0.5) is 0 Å². The predicted octanol–water partition coefficient (Wildman–Crippen LogP) is 5.20. The Labute approximate surface area is 140 Å². The maximum absolute atomic E-state index is 5.54. The van der Waals surface area contributed by atoms with Gasteiger partial charge in [0, 0.05) is 0 Å².